The molecule has 1 amide bonds. The molecule has 0 saturated carbocycles. The summed E-state index contributed by atoms with van der Waals surface area (Å²) in [7, 11) is -2.11. The molecule has 0 aliphatic carbocycles. The number of aryl methyl sites for hydroxylation is 2. The van der Waals surface area contributed by atoms with Crippen LogP contribution in [0.25, 0.3) is 0 Å². The summed E-state index contributed by atoms with van der Waals surface area (Å²) in [4.78, 5) is 12.2. The molecule has 0 aliphatic rings. The first-order valence-corrected chi connectivity index (χ1v) is 8.70. The number of amides is 1. The Kier molecular flexibility index (Phi) is 5.18. The Labute approximate surface area is 136 Å². The number of hydrogen-bond donors (Lipinski definition) is 2. The number of carbonyl (C=O) groups is 1. The number of sulfonamides is 1. The fraction of sp³-hybridized carbons (Fsp3) is 0.235. The Bertz CT molecular complexity index is 812. The van der Waals surface area contributed by atoms with E-state index in [4.69, 9.17) is 0 Å². The zero-order chi connectivity index (χ0) is 17.0. The van der Waals surface area contributed by atoms with Gasteiger partial charge < -0.3 is 5.32 Å². The molecule has 0 unspecified atom stereocenters. The normalized spacial score (nSPS) is 11.3. The molecule has 2 rings (SSSR count). The minimum Gasteiger partial charge on any atom is -0.326 e. The van der Waals surface area contributed by atoms with Gasteiger partial charge in [-0.05, 0) is 61.9 Å². The highest BCUT2D eigenvalue weighted by molar-refractivity contribution is 7.89. The molecule has 0 saturated heterocycles. The maximum atomic E-state index is 12.1. The molecule has 23 heavy (non-hydrogen) atoms. The molecule has 2 aromatic carbocycles. The first-order chi connectivity index (χ1) is 10.8. The first-order valence-electron chi connectivity index (χ1n) is 7.21. The molecule has 0 atom stereocenters. The predicted octanol–water partition coefficient (Wildman–Crippen LogP) is 2.39. The van der Waals surface area contributed by atoms with Crippen LogP contribution in [0, 0.1) is 13.8 Å². The van der Waals surface area contributed by atoms with Gasteiger partial charge in [0.05, 0.1) is 11.3 Å². The summed E-state index contributed by atoms with van der Waals surface area (Å²) in [5.41, 5.74) is 3.85. The van der Waals surface area contributed by atoms with Crippen LogP contribution in [0.5, 0.6) is 0 Å². The second-order valence-electron chi connectivity index (χ2n) is 5.38. The molecule has 0 spiro atoms. The quantitative estimate of drug-likeness (QED) is 0.883. The summed E-state index contributed by atoms with van der Waals surface area (Å²) >= 11 is 0. The fourth-order valence-corrected chi connectivity index (χ4v) is 2.87. The molecule has 0 bridgehead atoms. The van der Waals surface area contributed by atoms with Crippen LogP contribution in [0.2, 0.25) is 0 Å². The summed E-state index contributed by atoms with van der Waals surface area (Å²) in [6, 6.07) is 12.0. The SMILES string of the molecule is CNS(=O)(=O)c1ccc(NC(=O)Cc2ccc(C)c(C)c2)cc1. The summed E-state index contributed by atoms with van der Waals surface area (Å²) in [5, 5.41) is 2.77. The summed E-state index contributed by atoms with van der Waals surface area (Å²) in [5.74, 6) is -0.141. The van der Waals surface area contributed by atoms with Crippen molar-refractivity contribution in [2.24, 2.45) is 0 Å². The number of hydrogen-bond acceptors (Lipinski definition) is 3. The molecule has 0 radical (unpaired) electrons. The monoisotopic (exact) mass is 332 g/mol. The Morgan fingerprint density at radius 2 is 1.65 bits per heavy atom. The summed E-state index contributed by atoms with van der Waals surface area (Å²) in [6.07, 6.45) is 0.275. The van der Waals surface area contributed by atoms with Crippen LogP contribution in [0.1, 0.15) is 16.7 Å². The van der Waals surface area contributed by atoms with Gasteiger partial charge in [-0.1, -0.05) is 18.2 Å². The smallest absolute Gasteiger partial charge is 0.240 e. The number of nitrogens with one attached hydrogen (secondary N) is 2. The molecule has 122 valence electrons. The van der Waals surface area contributed by atoms with E-state index in [2.05, 4.69) is 10.0 Å². The standard InChI is InChI=1S/C17H20N2O3S/c1-12-4-5-14(10-13(12)2)11-17(20)19-15-6-8-16(9-7-15)23(21,22)18-3/h4-10,18H,11H2,1-3H3,(H,19,20). The van der Waals surface area contributed by atoms with Gasteiger partial charge in [0.15, 0.2) is 0 Å². The van der Waals surface area contributed by atoms with Crippen molar-refractivity contribution in [2.75, 3.05) is 12.4 Å². The largest absolute Gasteiger partial charge is 0.326 e. The minimum absolute atomic E-state index is 0.141. The third-order valence-corrected chi connectivity index (χ3v) is 5.08. The highest BCUT2D eigenvalue weighted by Gasteiger charge is 2.11. The lowest BCUT2D eigenvalue weighted by Gasteiger charge is -2.08. The molecule has 6 heteroatoms. The van der Waals surface area contributed by atoms with Gasteiger partial charge in [0.1, 0.15) is 0 Å². The maximum absolute atomic E-state index is 12.1. The van der Waals surface area contributed by atoms with Crippen molar-refractivity contribution in [1.82, 2.24) is 4.72 Å². The Morgan fingerprint density at radius 3 is 2.22 bits per heavy atom. The van der Waals surface area contributed by atoms with Crippen LogP contribution < -0.4 is 10.0 Å². The van der Waals surface area contributed by atoms with E-state index < -0.39 is 10.0 Å². The molecular weight excluding hydrogens is 312 g/mol. The van der Waals surface area contributed by atoms with Crippen molar-refractivity contribution in [3.05, 3.63) is 59.2 Å². The average molecular weight is 332 g/mol. The van der Waals surface area contributed by atoms with E-state index in [1.165, 1.54) is 24.7 Å². The Morgan fingerprint density at radius 1 is 1.00 bits per heavy atom. The van der Waals surface area contributed by atoms with Gasteiger partial charge in [-0.15, -0.1) is 0 Å². The van der Waals surface area contributed by atoms with E-state index in [1.54, 1.807) is 12.1 Å². The molecule has 2 N–H and O–H groups in total. The summed E-state index contributed by atoms with van der Waals surface area (Å²) in [6.45, 7) is 4.04. The number of rotatable bonds is 5. The lowest BCUT2D eigenvalue weighted by molar-refractivity contribution is -0.115. The van der Waals surface area contributed by atoms with Crippen molar-refractivity contribution >= 4 is 21.6 Å². The lowest BCUT2D eigenvalue weighted by Crippen LogP contribution is -2.18. The number of anilines is 1. The molecule has 0 heterocycles. The second kappa shape index (κ2) is 6.93. The van der Waals surface area contributed by atoms with E-state index in [0.717, 1.165) is 11.1 Å². The third-order valence-electron chi connectivity index (χ3n) is 3.65. The Balaban J connectivity index is 2.04. The van der Waals surface area contributed by atoms with Gasteiger partial charge in [0, 0.05) is 5.69 Å². The molecule has 0 aromatic heterocycles. The zero-order valence-corrected chi connectivity index (χ0v) is 14.2. The first kappa shape index (κ1) is 17.2. The third kappa shape index (κ3) is 4.40. The van der Waals surface area contributed by atoms with Crippen LogP contribution in [0.15, 0.2) is 47.4 Å². The van der Waals surface area contributed by atoms with Gasteiger partial charge in [-0.3, -0.25) is 4.79 Å². The van der Waals surface area contributed by atoms with Gasteiger partial charge in [-0.25, -0.2) is 13.1 Å². The Hall–Kier alpha value is -2.18. The minimum atomic E-state index is -3.46. The number of benzene rings is 2. The van der Waals surface area contributed by atoms with Crippen LogP contribution in [0.3, 0.4) is 0 Å². The van der Waals surface area contributed by atoms with Gasteiger partial charge in [0.2, 0.25) is 15.9 Å². The molecule has 0 fully saturated rings. The van der Waals surface area contributed by atoms with Crippen molar-refractivity contribution in [2.45, 2.75) is 25.2 Å². The van der Waals surface area contributed by atoms with Crippen molar-refractivity contribution in [1.29, 1.82) is 0 Å². The second-order valence-corrected chi connectivity index (χ2v) is 7.26. The highest BCUT2D eigenvalue weighted by Crippen LogP contribution is 2.15. The van der Waals surface area contributed by atoms with Gasteiger partial charge in [0.25, 0.3) is 0 Å². The summed E-state index contributed by atoms with van der Waals surface area (Å²) < 4.78 is 25.5. The van der Waals surface area contributed by atoms with Crippen LogP contribution >= 0.6 is 0 Å². The van der Waals surface area contributed by atoms with E-state index in [1.807, 2.05) is 32.0 Å². The molecular formula is C17H20N2O3S. The zero-order valence-electron chi connectivity index (χ0n) is 13.4. The fourth-order valence-electron chi connectivity index (χ4n) is 2.14. The predicted molar refractivity (Wildman–Crippen MR) is 90.9 cm³/mol. The lowest BCUT2D eigenvalue weighted by atomic mass is 10.0. The van der Waals surface area contributed by atoms with Crippen molar-refractivity contribution in [3.8, 4) is 0 Å². The van der Waals surface area contributed by atoms with E-state index in [-0.39, 0.29) is 17.2 Å². The van der Waals surface area contributed by atoms with Crippen molar-refractivity contribution in [3.63, 3.8) is 0 Å². The average Bonchev–Trinajstić information content (AvgIpc) is 2.51. The van der Waals surface area contributed by atoms with E-state index in [0.29, 0.717) is 5.69 Å². The van der Waals surface area contributed by atoms with E-state index >= 15 is 0 Å². The van der Waals surface area contributed by atoms with Crippen molar-refractivity contribution < 1.29 is 13.2 Å². The topological polar surface area (TPSA) is 75.3 Å². The molecule has 5 nitrogen and oxygen atoms in total. The maximum Gasteiger partial charge on any atom is 0.240 e. The van der Waals surface area contributed by atoms with Gasteiger partial charge in [-0.2, -0.15) is 0 Å². The molecule has 2 aromatic rings. The van der Waals surface area contributed by atoms with Crippen LogP contribution in [-0.4, -0.2) is 21.4 Å². The van der Waals surface area contributed by atoms with Gasteiger partial charge >= 0.3 is 0 Å². The van der Waals surface area contributed by atoms with Crippen LogP contribution in [-0.2, 0) is 21.2 Å². The van der Waals surface area contributed by atoms with E-state index in [9.17, 15) is 13.2 Å². The van der Waals surface area contributed by atoms with Crippen LogP contribution in [0.4, 0.5) is 5.69 Å². The highest BCUT2D eigenvalue weighted by atomic mass is 32.2. The number of carbonyl (C=O) groups excluding carboxylic acids is 1. The molecule has 0 aliphatic heterocycles.